The van der Waals surface area contributed by atoms with Gasteiger partial charge in [0.15, 0.2) is 0 Å². The van der Waals surface area contributed by atoms with E-state index in [1.54, 1.807) is 23.4 Å². The summed E-state index contributed by atoms with van der Waals surface area (Å²) in [7, 11) is 0. The van der Waals surface area contributed by atoms with Crippen molar-refractivity contribution in [2.24, 2.45) is 5.92 Å². The van der Waals surface area contributed by atoms with Gasteiger partial charge in [0.2, 0.25) is 11.8 Å². The van der Waals surface area contributed by atoms with Gasteiger partial charge >= 0.3 is 0 Å². The van der Waals surface area contributed by atoms with Crippen molar-refractivity contribution in [3.63, 3.8) is 0 Å². The predicted octanol–water partition coefficient (Wildman–Crippen LogP) is 1.65. The highest BCUT2D eigenvalue weighted by atomic mass is 16.3. The van der Waals surface area contributed by atoms with E-state index in [1.165, 1.54) is 0 Å². The number of rotatable bonds is 5. The lowest BCUT2D eigenvalue weighted by molar-refractivity contribution is -0.129. The van der Waals surface area contributed by atoms with E-state index in [-0.39, 0.29) is 24.2 Å². The zero-order chi connectivity index (χ0) is 16.2. The van der Waals surface area contributed by atoms with Gasteiger partial charge in [0.05, 0.1) is 18.7 Å². The molecule has 0 radical (unpaired) electrons. The molecule has 120 valence electrons. The Morgan fingerprint density at radius 1 is 1.43 bits per heavy atom. The molecule has 6 heteroatoms. The molecular formula is C17H19N3O3. The average molecular weight is 313 g/mol. The standard InChI is InChI=1S/C17H19N3O3/c1-12-4-5-13(8-18-12)9-19-17(22)14-7-16(21)20(10-14)11-15-3-2-6-23-15/h2-6,8,14H,7,9-11H2,1H3,(H,19,22)/t14-/m0/s1. The van der Waals surface area contributed by atoms with Crippen molar-refractivity contribution < 1.29 is 14.0 Å². The summed E-state index contributed by atoms with van der Waals surface area (Å²) in [5.74, 6) is 0.306. The Morgan fingerprint density at radius 3 is 3.00 bits per heavy atom. The second-order valence-electron chi connectivity index (χ2n) is 5.78. The van der Waals surface area contributed by atoms with E-state index in [0.717, 1.165) is 17.0 Å². The van der Waals surface area contributed by atoms with Gasteiger partial charge in [-0.2, -0.15) is 0 Å². The molecule has 3 rings (SSSR count). The monoisotopic (exact) mass is 313 g/mol. The van der Waals surface area contributed by atoms with E-state index in [1.807, 2.05) is 25.1 Å². The number of nitrogens with zero attached hydrogens (tertiary/aromatic N) is 2. The predicted molar refractivity (Wildman–Crippen MR) is 83.1 cm³/mol. The third-order valence-electron chi connectivity index (χ3n) is 3.95. The number of aromatic nitrogens is 1. The van der Waals surface area contributed by atoms with Crippen molar-refractivity contribution in [2.45, 2.75) is 26.4 Å². The first kappa shape index (κ1) is 15.3. The van der Waals surface area contributed by atoms with E-state index in [4.69, 9.17) is 4.42 Å². The molecule has 2 aromatic rings. The van der Waals surface area contributed by atoms with Crippen LogP contribution in [-0.4, -0.2) is 28.2 Å². The van der Waals surface area contributed by atoms with Crippen LogP contribution >= 0.6 is 0 Å². The first-order valence-corrected chi connectivity index (χ1v) is 7.61. The molecule has 0 aromatic carbocycles. The quantitative estimate of drug-likeness (QED) is 0.910. The lowest BCUT2D eigenvalue weighted by atomic mass is 10.1. The van der Waals surface area contributed by atoms with Crippen molar-refractivity contribution in [1.82, 2.24) is 15.2 Å². The van der Waals surface area contributed by atoms with E-state index in [0.29, 0.717) is 19.6 Å². The first-order chi connectivity index (χ1) is 11.1. The maximum atomic E-state index is 12.2. The summed E-state index contributed by atoms with van der Waals surface area (Å²) in [4.78, 5) is 30.1. The number of hydrogen-bond donors (Lipinski definition) is 1. The molecule has 1 atom stereocenters. The van der Waals surface area contributed by atoms with E-state index in [9.17, 15) is 9.59 Å². The molecule has 23 heavy (non-hydrogen) atoms. The topological polar surface area (TPSA) is 75.4 Å². The van der Waals surface area contributed by atoms with E-state index >= 15 is 0 Å². The lowest BCUT2D eigenvalue weighted by Crippen LogP contribution is -2.32. The fourth-order valence-corrected chi connectivity index (χ4v) is 2.63. The minimum Gasteiger partial charge on any atom is -0.467 e. The molecule has 3 heterocycles. The number of aryl methyl sites for hydroxylation is 1. The van der Waals surface area contributed by atoms with Gasteiger partial charge in [-0.05, 0) is 30.7 Å². The molecule has 2 aromatic heterocycles. The molecule has 6 nitrogen and oxygen atoms in total. The Hall–Kier alpha value is -2.63. The van der Waals surface area contributed by atoms with Crippen LogP contribution in [-0.2, 0) is 22.7 Å². The maximum absolute atomic E-state index is 12.2. The number of likely N-dealkylation sites (tertiary alicyclic amines) is 1. The largest absolute Gasteiger partial charge is 0.467 e. The van der Waals surface area contributed by atoms with Gasteiger partial charge in [-0.25, -0.2) is 0 Å². The number of nitrogens with one attached hydrogen (secondary N) is 1. The SMILES string of the molecule is Cc1ccc(CNC(=O)[C@H]2CC(=O)N(Cc3ccco3)C2)cn1. The summed E-state index contributed by atoms with van der Waals surface area (Å²) in [6, 6.07) is 7.46. The fourth-order valence-electron chi connectivity index (χ4n) is 2.63. The number of pyridine rings is 1. The van der Waals surface area contributed by atoms with Crippen LogP contribution in [0.3, 0.4) is 0 Å². The van der Waals surface area contributed by atoms with Gasteiger partial charge in [-0.1, -0.05) is 6.07 Å². The summed E-state index contributed by atoms with van der Waals surface area (Å²) in [5, 5.41) is 2.88. The molecule has 1 fully saturated rings. The zero-order valence-electron chi connectivity index (χ0n) is 13.0. The summed E-state index contributed by atoms with van der Waals surface area (Å²) >= 11 is 0. The number of carbonyl (C=O) groups excluding carboxylic acids is 2. The second-order valence-corrected chi connectivity index (χ2v) is 5.78. The molecule has 1 aliphatic heterocycles. The summed E-state index contributed by atoms with van der Waals surface area (Å²) in [6.07, 6.45) is 3.58. The number of furan rings is 1. The van der Waals surface area contributed by atoms with Crippen LogP contribution in [0.15, 0.2) is 41.1 Å². The normalized spacial score (nSPS) is 17.5. The molecule has 0 aliphatic carbocycles. The van der Waals surface area contributed by atoms with Crippen molar-refractivity contribution in [2.75, 3.05) is 6.54 Å². The van der Waals surface area contributed by atoms with Gasteiger partial charge in [0, 0.05) is 31.4 Å². The molecule has 2 amide bonds. The Morgan fingerprint density at radius 2 is 2.30 bits per heavy atom. The van der Waals surface area contributed by atoms with Gasteiger partial charge in [0.25, 0.3) is 0 Å². The fraction of sp³-hybridized carbons (Fsp3) is 0.353. The highest BCUT2D eigenvalue weighted by molar-refractivity contribution is 5.89. The Kier molecular flexibility index (Phi) is 4.41. The molecule has 1 N–H and O–H groups in total. The Bertz CT molecular complexity index is 680. The van der Waals surface area contributed by atoms with Crippen LogP contribution in [0.4, 0.5) is 0 Å². The third-order valence-corrected chi connectivity index (χ3v) is 3.95. The van der Waals surface area contributed by atoms with Crippen molar-refractivity contribution in [1.29, 1.82) is 0 Å². The first-order valence-electron chi connectivity index (χ1n) is 7.61. The molecule has 0 bridgehead atoms. The second kappa shape index (κ2) is 6.64. The molecule has 0 saturated carbocycles. The van der Waals surface area contributed by atoms with Crippen LogP contribution in [0.5, 0.6) is 0 Å². The zero-order valence-corrected chi connectivity index (χ0v) is 13.0. The number of amides is 2. The molecule has 0 unspecified atom stereocenters. The van der Waals surface area contributed by atoms with Gasteiger partial charge < -0.3 is 14.6 Å². The maximum Gasteiger partial charge on any atom is 0.225 e. The molecular weight excluding hydrogens is 294 g/mol. The highest BCUT2D eigenvalue weighted by Crippen LogP contribution is 2.20. The van der Waals surface area contributed by atoms with E-state index < -0.39 is 0 Å². The molecule has 0 spiro atoms. The minimum atomic E-state index is -0.309. The smallest absolute Gasteiger partial charge is 0.225 e. The third kappa shape index (κ3) is 3.77. The van der Waals surface area contributed by atoms with Crippen LogP contribution in [0.25, 0.3) is 0 Å². The summed E-state index contributed by atoms with van der Waals surface area (Å²) < 4.78 is 5.25. The Labute approximate surface area is 134 Å². The van der Waals surface area contributed by atoms with Crippen molar-refractivity contribution in [3.05, 3.63) is 53.7 Å². The number of carbonyl (C=O) groups is 2. The van der Waals surface area contributed by atoms with E-state index in [2.05, 4.69) is 10.3 Å². The lowest BCUT2D eigenvalue weighted by Gasteiger charge is -2.15. The van der Waals surface area contributed by atoms with Crippen molar-refractivity contribution in [3.8, 4) is 0 Å². The van der Waals surface area contributed by atoms with Crippen LogP contribution in [0.1, 0.15) is 23.4 Å². The van der Waals surface area contributed by atoms with Crippen LogP contribution in [0, 0.1) is 12.8 Å². The number of hydrogen-bond acceptors (Lipinski definition) is 4. The molecule has 1 saturated heterocycles. The van der Waals surface area contributed by atoms with Crippen molar-refractivity contribution >= 4 is 11.8 Å². The average Bonchev–Trinajstić information content (AvgIpc) is 3.17. The summed E-state index contributed by atoms with van der Waals surface area (Å²) in [6.45, 7) is 3.18. The summed E-state index contributed by atoms with van der Waals surface area (Å²) in [5.41, 5.74) is 1.88. The van der Waals surface area contributed by atoms with Gasteiger partial charge in [-0.15, -0.1) is 0 Å². The van der Waals surface area contributed by atoms with Gasteiger partial charge in [-0.3, -0.25) is 14.6 Å². The molecule has 1 aliphatic rings. The van der Waals surface area contributed by atoms with Gasteiger partial charge in [0.1, 0.15) is 5.76 Å². The minimum absolute atomic E-state index is 0.0152. The highest BCUT2D eigenvalue weighted by Gasteiger charge is 2.34. The Balaban J connectivity index is 1.52. The van der Waals surface area contributed by atoms with Crippen LogP contribution in [0.2, 0.25) is 0 Å². The van der Waals surface area contributed by atoms with Crippen LogP contribution < -0.4 is 5.32 Å².